The van der Waals surface area contributed by atoms with Crippen LogP contribution in [0.4, 0.5) is 10.2 Å². The summed E-state index contributed by atoms with van der Waals surface area (Å²) in [5.74, 6) is -0.223. The lowest BCUT2D eigenvalue weighted by molar-refractivity contribution is 0.560. The first-order chi connectivity index (χ1) is 8.82. The number of hydrogen-bond acceptors (Lipinski definition) is 2. The smallest absolute Gasteiger partial charge is 0.142 e. The van der Waals surface area contributed by atoms with Gasteiger partial charge in [-0.3, -0.25) is 0 Å². The molecule has 0 aliphatic carbocycles. The maximum Gasteiger partial charge on any atom is 0.142 e. The van der Waals surface area contributed by atoms with Crippen molar-refractivity contribution in [2.24, 2.45) is 0 Å². The Morgan fingerprint density at radius 1 is 1.26 bits per heavy atom. The summed E-state index contributed by atoms with van der Waals surface area (Å²) in [6, 6.07) is 2.28. The second-order valence-electron chi connectivity index (χ2n) is 4.19. The van der Waals surface area contributed by atoms with Gasteiger partial charge in [-0.2, -0.15) is 5.10 Å². The Bertz CT molecular complexity index is 640. The zero-order chi connectivity index (χ0) is 14.3. The Hall–Kier alpha value is -0.970. The van der Waals surface area contributed by atoms with Crippen LogP contribution in [-0.2, 0) is 0 Å². The van der Waals surface area contributed by atoms with Crippen molar-refractivity contribution < 1.29 is 4.39 Å². The minimum Gasteiger partial charge on any atom is -0.383 e. The highest BCUT2D eigenvalue weighted by molar-refractivity contribution is 6.35. The molecule has 2 rings (SSSR count). The molecule has 0 amide bonds. The number of nitrogens with two attached hydrogens (primary N) is 1. The molecule has 0 saturated heterocycles. The molecule has 2 aromatic rings. The van der Waals surface area contributed by atoms with Crippen LogP contribution in [0.15, 0.2) is 12.1 Å². The molecule has 1 atom stereocenters. The Labute approximate surface area is 125 Å². The van der Waals surface area contributed by atoms with E-state index in [0.29, 0.717) is 27.1 Å². The molecular formula is C12H11Cl3FN3. The van der Waals surface area contributed by atoms with E-state index in [-0.39, 0.29) is 11.1 Å². The highest BCUT2D eigenvalue weighted by Gasteiger charge is 2.20. The van der Waals surface area contributed by atoms with E-state index in [1.54, 1.807) is 13.8 Å². The molecule has 19 heavy (non-hydrogen) atoms. The molecule has 0 aliphatic rings. The van der Waals surface area contributed by atoms with Crippen molar-refractivity contribution in [1.82, 2.24) is 9.78 Å². The van der Waals surface area contributed by atoms with Gasteiger partial charge in [0, 0.05) is 5.02 Å². The van der Waals surface area contributed by atoms with Gasteiger partial charge < -0.3 is 5.73 Å². The van der Waals surface area contributed by atoms with Crippen LogP contribution in [0.25, 0.3) is 0 Å². The van der Waals surface area contributed by atoms with Gasteiger partial charge in [0.25, 0.3) is 0 Å². The summed E-state index contributed by atoms with van der Waals surface area (Å²) in [6.45, 7) is 3.54. The Morgan fingerprint density at radius 2 is 1.89 bits per heavy atom. The van der Waals surface area contributed by atoms with E-state index in [1.165, 1.54) is 16.8 Å². The maximum atomic E-state index is 13.5. The normalized spacial score (nSPS) is 12.7. The molecule has 0 radical (unpaired) electrons. The zero-order valence-corrected chi connectivity index (χ0v) is 12.5. The standard InChI is InChI=1S/C12H11Cl3FN3/c1-5-11(15)12(17)19(18-5)6(2)7-3-10(16)9(14)4-8(7)13/h3-4,6H,17H2,1-2H3. The third kappa shape index (κ3) is 2.53. The summed E-state index contributed by atoms with van der Waals surface area (Å²) in [5.41, 5.74) is 7.01. The van der Waals surface area contributed by atoms with Crippen LogP contribution in [0.5, 0.6) is 0 Å². The van der Waals surface area contributed by atoms with E-state index in [9.17, 15) is 4.39 Å². The third-order valence-corrected chi connectivity index (χ3v) is 3.99. The molecule has 0 spiro atoms. The fraction of sp³-hybridized carbons (Fsp3) is 0.250. The molecule has 1 aromatic heterocycles. The number of aromatic nitrogens is 2. The summed E-state index contributed by atoms with van der Waals surface area (Å²) < 4.78 is 15.0. The largest absolute Gasteiger partial charge is 0.383 e. The van der Waals surface area contributed by atoms with Crippen LogP contribution < -0.4 is 5.73 Å². The number of nitrogens with zero attached hydrogens (tertiary/aromatic N) is 2. The number of nitrogen functional groups attached to an aromatic ring is 1. The van der Waals surface area contributed by atoms with Crippen LogP contribution in [0, 0.1) is 12.7 Å². The van der Waals surface area contributed by atoms with E-state index in [4.69, 9.17) is 40.5 Å². The topological polar surface area (TPSA) is 43.8 Å². The fourth-order valence-corrected chi connectivity index (χ4v) is 2.50. The van der Waals surface area contributed by atoms with Crippen molar-refractivity contribution in [1.29, 1.82) is 0 Å². The molecule has 1 heterocycles. The predicted molar refractivity (Wildman–Crippen MR) is 76.6 cm³/mol. The minimum atomic E-state index is -0.540. The predicted octanol–water partition coefficient (Wildman–Crippen LogP) is 4.48. The lowest BCUT2D eigenvalue weighted by Crippen LogP contribution is -2.12. The highest BCUT2D eigenvalue weighted by Crippen LogP contribution is 2.33. The molecule has 0 fully saturated rings. The quantitative estimate of drug-likeness (QED) is 0.828. The van der Waals surface area contributed by atoms with Crippen LogP contribution in [0.2, 0.25) is 15.1 Å². The van der Waals surface area contributed by atoms with E-state index in [1.807, 2.05) is 0 Å². The summed E-state index contributed by atoms with van der Waals surface area (Å²) in [5, 5.41) is 4.94. The monoisotopic (exact) mass is 321 g/mol. The molecule has 2 N–H and O–H groups in total. The van der Waals surface area contributed by atoms with E-state index in [0.717, 1.165) is 0 Å². The summed E-state index contributed by atoms with van der Waals surface area (Å²) in [7, 11) is 0. The molecule has 1 unspecified atom stereocenters. The molecular weight excluding hydrogens is 312 g/mol. The van der Waals surface area contributed by atoms with Crippen LogP contribution in [0.3, 0.4) is 0 Å². The SMILES string of the molecule is Cc1nn(C(C)c2cc(F)c(Cl)cc2Cl)c(N)c1Cl. The number of anilines is 1. The van der Waals surface area contributed by atoms with Gasteiger partial charge in [0.1, 0.15) is 16.7 Å². The average Bonchev–Trinajstić information content (AvgIpc) is 2.61. The van der Waals surface area contributed by atoms with Crippen molar-refractivity contribution >= 4 is 40.6 Å². The molecule has 0 saturated carbocycles. The van der Waals surface area contributed by atoms with E-state index >= 15 is 0 Å². The number of aryl methyl sites for hydroxylation is 1. The van der Waals surface area contributed by atoms with Gasteiger partial charge in [-0.15, -0.1) is 0 Å². The van der Waals surface area contributed by atoms with Gasteiger partial charge in [0.05, 0.1) is 16.8 Å². The molecule has 7 heteroatoms. The zero-order valence-electron chi connectivity index (χ0n) is 10.2. The second kappa shape index (κ2) is 5.19. The molecule has 1 aromatic carbocycles. The number of benzene rings is 1. The first kappa shape index (κ1) is 14.4. The fourth-order valence-electron chi connectivity index (χ4n) is 1.83. The van der Waals surface area contributed by atoms with Crippen LogP contribution in [0.1, 0.15) is 24.2 Å². The number of hydrogen-bond donors (Lipinski definition) is 1. The van der Waals surface area contributed by atoms with Crippen molar-refractivity contribution in [3.8, 4) is 0 Å². The Kier molecular flexibility index (Phi) is 3.95. The van der Waals surface area contributed by atoms with Gasteiger partial charge in [0.2, 0.25) is 0 Å². The molecule has 0 aliphatic heterocycles. The summed E-state index contributed by atoms with van der Waals surface area (Å²) in [4.78, 5) is 0. The second-order valence-corrected chi connectivity index (χ2v) is 5.39. The van der Waals surface area contributed by atoms with E-state index < -0.39 is 5.82 Å². The van der Waals surface area contributed by atoms with Gasteiger partial charge in [-0.25, -0.2) is 9.07 Å². The van der Waals surface area contributed by atoms with Crippen LogP contribution >= 0.6 is 34.8 Å². The van der Waals surface area contributed by atoms with Gasteiger partial charge in [0.15, 0.2) is 0 Å². The minimum absolute atomic E-state index is 0.0244. The average molecular weight is 323 g/mol. The van der Waals surface area contributed by atoms with Gasteiger partial charge in [-0.05, 0) is 31.5 Å². The van der Waals surface area contributed by atoms with Crippen molar-refractivity contribution in [3.05, 3.63) is 44.3 Å². The van der Waals surface area contributed by atoms with Gasteiger partial charge >= 0.3 is 0 Å². The lowest BCUT2D eigenvalue weighted by atomic mass is 10.1. The lowest BCUT2D eigenvalue weighted by Gasteiger charge is -2.16. The molecule has 0 bridgehead atoms. The van der Waals surface area contributed by atoms with Crippen molar-refractivity contribution in [3.63, 3.8) is 0 Å². The van der Waals surface area contributed by atoms with Gasteiger partial charge in [-0.1, -0.05) is 34.8 Å². The highest BCUT2D eigenvalue weighted by atomic mass is 35.5. The van der Waals surface area contributed by atoms with E-state index in [2.05, 4.69) is 5.10 Å². The van der Waals surface area contributed by atoms with Crippen LogP contribution in [-0.4, -0.2) is 9.78 Å². The number of halogens is 4. The van der Waals surface area contributed by atoms with Crippen molar-refractivity contribution in [2.45, 2.75) is 19.9 Å². The maximum absolute atomic E-state index is 13.5. The summed E-state index contributed by atoms with van der Waals surface area (Å²) >= 11 is 17.7. The first-order valence-corrected chi connectivity index (χ1v) is 6.60. The number of rotatable bonds is 2. The summed E-state index contributed by atoms with van der Waals surface area (Å²) in [6.07, 6.45) is 0. The third-order valence-electron chi connectivity index (χ3n) is 2.90. The first-order valence-electron chi connectivity index (χ1n) is 5.47. The molecule has 3 nitrogen and oxygen atoms in total. The Balaban J connectivity index is 2.52. The Morgan fingerprint density at radius 3 is 2.42 bits per heavy atom. The molecule has 102 valence electrons. The van der Waals surface area contributed by atoms with Crippen molar-refractivity contribution in [2.75, 3.05) is 5.73 Å².